The van der Waals surface area contributed by atoms with E-state index in [0.717, 1.165) is 0 Å². The minimum absolute atomic E-state index is 0.0858. The Morgan fingerprint density at radius 3 is 2.26 bits per heavy atom. The summed E-state index contributed by atoms with van der Waals surface area (Å²) in [7, 11) is 0. The number of hydrogen-bond acceptors (Lipinski definition) is 4. The van der Waals surface area contributed by atoms with Crippen LogP contribution in [-0.2, 0) is 14.4 Å². The molecule has 9 nitrogen and oxygen atoms in total. The largest absolute Gasteiger partial charge is 0.481 e. The second-order valence-electron chi connectivity index (χ2n) is 3.80. The number of aliphatic carboxylic acids is 2. The summed E-state index contributed by atoms with van der Waals surface area (Å²) < 4.78 is 0. The molecule has 0 radical (unpaired) electrons. The third kappa shape index (κ3) is 9.39. The van der Waals surface area contributed by atoms with Gasteiger partial charge in [-0.1, -0.05) is 0 Å². The molecule has 0 saturated heterocycles. The van der Waals surface area contributed by atoms with E-state index in [4.69, 9.17) is 21.7 Å². The van der Waals surface area contributed by atoms with Crippen molar-refractivity contribution < 1.29 is 24.6 Å². The quantitative estimate of drug-likeness (QED) is 0.193. The number of nitrogens with one attached hydrogen (secondary N) is 1. The molecule has 0 aromatic rings. The minimum atomic E-state index is -1.19. The summed E-state index contributed by atoms with van der Waals surface area (Å²) in [5, 5.41) is 19.5. The number of guanidine groups is 1. The molecule has 0 aromatic heterocycles. The fourth-order valence-corrected chi connectivity index (χ4v) is 1.25. The van der Waals surface area contributed by atoms with Crippen molar-refractivity contribution in [3.05, 3.63) is 0 Å². The van der Waals surface area contributed by atoms with Crippen LogP contribution in [0.2, 0.25) is 0 Å². The molecule has 0 aliphatic carbocycles. The van der Waals surface area contributed by atoms with Gasteiger partial charge in [-0.3, -0.25) is 14.6 Å². The first-order valence-corrected chi connectivity index (χ1v) is 5.62. The van der Waals surface area contributed by atoms with Gasteiger partial charge < -0.3 is 27.0 Å². The Labute approximate surface area is 109 Å². The Bertz CT molecular complexity index is 365. The molecule has 1 amide bonds. The highest BCUT2D eigenvalue weighted by molar-refractivity contribution is 5.85. The number of carbonyl (C=O) groups is 3. The lowest BCUT2D eigenvalue weighted by molar-refractivity contribution is -0.142. The Kier molecular flexibility index (Phi) is 7.66. The van der Waals surface area contributed by atoms with E-state index >= 15 is 0 Å². The Morgan fingerprint density at radius 1 is 1.16 bits per heavy atom. The van der Waals surface area contributed by atoms with E-state index in [1.807, 2.05) is 0 Å². The van der Waals surface area contributed by atoms with Crippen LogP contribution in [0.4, 0.5) is 0 Å². The molecule has 0 fully saturated rings. The lowest BCUT2D eigenvalue weighted by Crippen LogP contribution is -2.41. The van der Waals surface area contributed by atoms with E-state index < -0.39 is 23.9 Å². The maximum atomic E-state index is 11.3. The van der Waals surface area contributed by atoms with Gasteiger partial charge in [-0.25, -0.2) is 4.79 Å². The summed E-state index contributed by atoms with van der Waals surface area (Å²) in [6.45, 7) is 0.261. The number of hydrogen-bond donors (Lipinski definition) is 5. The van der Waals surface area contributed by atoms with E-state index in [2.05, 4.69) is 10.3 Å². The number of amides is 1. The van der Waals surface area contributed by atoms with Crippen molar-refractivity contribution in [1.29, 1.82) is 0 Å². The summed E-state index contributed by atoms with van der Waals surface area (Å²) in [6, 6.07) is -1.07. The van der Waals surface area contributed by atoms with Crippen molar-refractivity contribution in [1.82, 2.24) is 5.32 Å². The highest BCUT2D eigenvalue weighted by Crippen LogP contribution is 2.00. The molecule has 0 saturated carbocycles. The fourth-order valence-electron chi connectivity index (χ4n) is 1.25. The van der Waals surface area contributed by atoms with Gasteiger partial charge in [-0.2, -0.15) is 0 Å². The van der Waals surface area contributed by atoms with Crippen molar-refractivity contribution in [3.8, 4) is 0 Å². The number of nitrogens with two attached hydrogens (primary N) is 2. The molecule has 0 heterocycles. The molecule has 1 atom stereocenters. The molecule has 0 bridgehead atoms. The predicted octanol–water partition coefficient (Wildman–Crippen LogP) is -1.53. The number of rotatable bonds is 9. The Hall–Kier alpha value is -2.32. The summed E-state index contributed by atoms with van der Waals surface area (Å²) >= 11 is 0. The third-order valence-electron chi connectivity index (χ3n) is 2.14. The van der Waals surface area contributed by atoms with Crippen LogP contribution < -0.4 is 16.8 Å². The van der Waals surface area contributed by atoms with Crippen molar-refractivity contribution in [2.45, 2.75) is 31.7 Å². The maximum absolute atomic E-state index is 11.3. The van der Waals surface area contributed by atoms with Crippen LogP contribution in [0, 0.1) is 0 Å². The molecular weight excluding hydrogens is 256 g/mol. The number of carboxylic acid groups (broad SMARTS) is 2. The van der Waals surface area contributed by atoms with E-state index in [9.17, 15) is 14.4 Å². The molecule has 9 heteroatoms. The first kappa shape index (κ1) is 16.7. The van der Waals surface area contributed by atoms with Crippen LogP contribution in [0.25, 0.3) is 0 Å². The zero-order valence-electron chi connectivity index (χ0n) is 10.3. The normalized spacial score (nSPS) is 11.4. The van der Waals surface area contributed by atoms with Crippen molar-refractivity contribution >= 4 is 23.8 Å². The van der Waals surface area contributed by atoms with Crippen LogP contribution in [0.1, 0.15) is 25.7 Å². The Morgan fingerprint density at radius 2 is 1.79 bits per heavy atom. The van der Waals surface area contributed by atoms with Crippen molar-refractivity contribution in [2.24, 2.45) is 16.5 Å². The predicted molar refractivity (Wildman–Crippen MR) is 66.3 cm³/mol. The molecule has 108 valence electrons. The smallest absolute Gasteiger partial charge is 0.326 e. The fraction of sp³-hybridized carbons (Fsp3) is 0.600. The number of carbonyl (C=O) groups excluding carboxylic acids is 1. The SMILES string of the molecule is NC(N)=NCCC[C@H](NC(=O)CCC(=O)O)C(=O)O. The van der Waals surface area contributed by atoms with E-state index in [0.29, 0.717) is 6.42 Å². The molecule has 19 heavy (non-hydrogen) atoms. The molecule has 0 aromatic carbocycles. The zero-order chi connectivity index (χ0) is 14.8. The van der Waals surface area contributed by atoms with Crippen LogP contribution in [0.5, 0.6) is 0 Å². The van der Waals surface area contributed by atoms with Crippen molar-refractivity contribution in [2.75, 3.05) is 6.54 Å². The van der Waals surface area contributed by atoms with E-state index in [1.54, 1.807) is 0 Å². The third-order valence-corrected chi connectivity index (χ3v) is 2.14. The van der Waals surface area contributed by atoms with Gasteiger partial charge in [0, 0.05) is 13.0 Å². The monoisotopic (exact) mass is 274 g/mol. The average Bonchev–Trinajstić information content (AvgIpc) is 2.29. The molecule has 0 spiro atoms. The van der Waals surface area contributed by atoms with Gasteiger partial charge in [0.1, 0.15) is 6.04 Å². The van der Waals surface area contributed by atoms with Gasteiger partial charge in [0.25, 0.3) is 0 Å². The lowest BCUT2D eigenvalue weighted by atomic mass is 10.1. The van der Waals surface area contributed by atoms with Gasteiger partial charge >= 0.3 is 11.9 Å². The number of nitrogens with zero attached hydrogens (tertiary/aromatic N) is 1. The first-order chi connectivity index (χ1) is 8.82. The summed E-state index contributed by atoms with van der Waals surface area (Å²) in [6.07, 6.45) is -0.0574. The topological polar surface area (TPSA) is 168 Å². The van der Waals surface area contributed by atoms with Gasteiger partial charge in [0.05, 0.1) is 6.42 Å². The average molecular weight is 274 g/mol. The molecule has 0 rings (SSSR count). The molecule has 7 N–H and O–H groups in total. The minimum Gasteiger partial charge on any atom is -0.481 e. The molecule has 0 unspecified atom stereocenters. The summed E-state index contributed by atoms with van der Waals surface area (Å²) in [4.78, 5) is 36.1. The zero-order valence-corrected chi connectivity index (χ0v) is 10.3. The summed E-state index contributed by atoms with van der Waals surface area (Å²) in [5.41, 5.74) is 10.2. The first-order valence-electron chi connectivity index (χ1n) is 5.62. The number of carboxylic acids is 2. The molecule has 0 aliphatic heterocycles. The molecular formula is C10H18N4O5. The molecule has 0 aliphatic rings. The standard InChI is InChI=1S/C10H18N4O5/c11-10(12)13-5-1-2-6(9(18)19)14-7(15)3-4-8(16)17/h6H,1-5H2,(H,14,15)(H,16,17)(H,18,19)(H4,11,12,13)/t6-/m0/s1. The van der Waals surface area contributed by atoms with Crippen LogP contribution in [-0.4, -0.2) is 46.6 Å². The Balaban J connectivity index is 4.11. The van der Waals surface area contributed by atoms with Crippen LogP contribution in [0.3, 0.4) is 0 Å². The van der Waals surface area contributed by atoms with Gasteiger partial charge in [0.15, 0.2) is 5.96 Å². The van der Waals surface area contributed by atoms with Crippen LogP contribution >= 0.6 is 0 Å². The van der Waals surface area contributed by atoms with Gasteiger partial charge in [0.2, 0.25) is 5.91 Å². The van der Waals surface area contributed by atoms with Gasteiger partial charge in [-0.05, 0) is 12.8 Å². The second-order valence-corrected chi connectivity index (χ2v) is 3.80. The van der Waals surface area contributed by atoms with Crippen LogP contribution in [0.15, 0.2) is 4.99 Å². The van der Waals surface area contributed by atoms with E-state index in [1.165, 1.54) is 0 Å². The second kappa shape index (κ2) is 8.72. The highest BCUT2D eigenvalue weighted by atomic mass is 16.4. The van der Waals surface area contributed by atoms with Crippen molar-refractivity contribution in [3.63, 3.8) is 0 Å². The lowest BCUT2D eigenvalue weighted by Gasteiger charge is -2.13. The number of aliphatic imine (C=N–C) groups is 1. The maximum Gasteiger partial charge on any atom is 0.326 e. The van der Waals surface area contributed by atoms with Gasteiger partial charge in [-0.15, -0.1) is 0 Å². The van der Waals surface area contributed by atoms with E-state index in [-0.39, 0.29) is 31.8 Å². The summed E-state index contributed by atoms with van der Waals surface area (Å²) in [5.74, 6) is -3.00. The highest BCUT2D eigenvalue weighted by Gasteiger charge is 2.19.